The predicted octanol–water partition coefficient (Wildman–Crippen LogP) is 5.38. The number of nitrogens with one attached hydrogen (secondary N) is 1. The van der Waals surface area contributed by atoms with Gasteiger partial charge in [-0.3, -0.25) is 0 Å². The number of benzene rings is 2. The van der Waals surface area contributed by atoms with Crippen LogP contribution in [-0.4, -0.2) is 16.5 Å². The molecular weight excluding hydrogens is 360 g/mol. The van der Waals surface area contributed by atoms with Crippen LogP contribution < -0.4 is 10.2 Å². The lowest BCUT2D eigenvalue weighted by Gasteiger charge is -2.23. The van der Waals surface area contributed by atoms with E-state index >= 15 is 0 Å². The molecule has 5 heteroatoms. The van der Waals surface area contributed by atoms with Crippen LogP contribution in [0.3, 0.4) is 0 Å². The minimum atomic E-state index is 0.537. The van der Waals surface area contributed by atoms with Gasteiger partial charge in [0.15, 0.2) is 0 Å². The first-order chi connectivity index (χ1) is 14.3. The van der Waals surface area contributed by atoms with Crippen LogP contribution in [0.15, 0.2) is 89.5 Å². The maximum absolute atomic E-state index is 5.42. The Labute approximate surface area is 171 Å². The summed E-state index contributed by atoms with van der Waals surface area (Å²) in [5.41, 5.74) is 3.20. The molecule has 4 aromatic rings. The zero-order chi connectivity index (χ0) is 19.9. The van der Waals surface area contributed by atoms with Crippen LogP contribution >= 0.6 is 0 Å². The fraction of sp³-hybridized carbons (Fsp3) is 0.167. The normalized spacial score (nSPS) is 10.7. The van der Waals surface area contributed by atoms with Crippen molar-refractivity contribution >= 4 is 11.8 Å². The van der Waals surface area contributed by atoms with Crippen molar-refractivity contribution in [1.82, 2.24) is 9.97 Å². The van der Waals surface area contributed by atoms with Gasteiger partial charge >= 0.3 is 0 Å². The second-order valence-electron chi connectivity index (χ2n) is 6.73. The molecule has 0 atom stereocenters. The maximum Gasteiger partial charge on any atom is 0.225 e. The van der Waals surface area contributed by atoms with Crippen molar-refractivity contribution in [2.75, 3.05) is 16.8 Å². The molecule has 0 saturated carbocycles. The Morgan fingerprint density at radius 3 is 2.34 bits per heavy atom. The predicted molar refractivity (Wildman–Crippen MR) is 117 cm³/mol. The van der Waals surface area contributed by atoms with Gasteiger partial charge in [0.25, 0.3) is 0 Å². The number of nitrogens with zero attached hydrogens (tertiary/aromatic N) is 3. The quantitative estimate of drug-likeness (QED) is 0.442. The second-order valence-corrected chi connectivity index (χ2v) is 6.73. The lowest BCUT2D eigenvalue weighted by molar-refractivity contribution is 0.517. The van der Waals surface area contributed by atoms with Gasteiger partial charge in [0.2, 0.25) is 5.95 Å². The molecule has 0 unspecified atom stereocenters. The number of anilines is 2. The van der Waals surface area contributed by atoms with Gasteiger partial charge in [-0.05, 0) is 24.6 Å². The highest BCUT2D eigenvalue weighted by molar-refractivity contribution is 5.64. The third kappa shape index (κ3) is 4.82. The molecule has 2 aromatic heterocycles. The molecule has 1 N–H and O–H groups in total. The highest BCUT2D eigenvalue weighted by Gasteiger charge is 2.13. The Morgan fingerprint density at radius 2 is 1.66 bits per heavy atom. The van der Waals surface area contributed by atoms with Gasteiger partial charge < -0.3 is 14.6 Å². The standard InChI is InChI=1S/C24H24N4O/c1-2-28(18-19-10-5-3-6-11-19)23-16-22(20-12-7-4-8-13-20)26-24(27-23)25-17-21-14-9-15-29-21/h3-16H,2,17-18H2,1H3,(H,25,26,27). The number of aromatic nitrogens is 2. The molecule has 0 amide bonds. The Balaban J connectivity index is 1.66. The van der Waals surface area contributed by atoms with Crippen LogP contribution in [0.4, 0.5) is 11.8 Å². The highest BCUT2D eigenvalue weighted by Crippen LogP contribution is 2.24. The SMILES string of the molecule is CCN(Cc1ccccc1)c1cc(-c2ccccc2)nc(NCc2ccco2)n1. The van der Waals surface area contributed by atoms with Gasteiger partial charge in [0.1, 0.15) is 11.6 Å². The van der Waals surface area contributed by atoms with Crippen LogP contribution in [0.5, 0.6) is 0 Å². The zero-order valence-electron chi connectivity index (χ0n) is 16.5. The van der Waals surface area contributed by atoms with Crippen molar-refractivity contribution in [3.05, 3.63) is 96.4 Å². The summed E-state index contributed by atoms with van der Waals surface area (Å²) in [6.45, 7) is 4.32. The summed E-state index contributed by atoms with van der Waals surface area (Å²) in [5.74, 6) is 2.33. The van der Waals surface area contributed by atoms with E-state index in [1.165, 1.54) is 5.56 Å². The van der Waals surface area contributed by atoms with Crippen molar-refractivity contribution in [2.24, 2.45) is 0 Å². The van der Waals surface area contributed by atoms with E-state index in [0.717, 1.165) is 35.9 Å². The number of hydrogen-bond acceptors (Lipinski definition) is 5. The molecule has 4 rings (SSSR count). The number of rotatable bonds is 8. The lowest BCUT2D eigenvalue weighted by Crippen LogP contribution is -2.23. The van der Waals surface area contributed by atoms with E-state index in [-0.39, 0.29) is 0 Å². The average molecular weight is 384 g/mol. The van der Waals surface area contributed by atoms with Gasteiger partial charge in [-0.25, -0.2) is 4.98 Å². The largest absolute Gasteiger partial charge is 0.467 e. The van der Waals surface area contributed by atoms with E-state index in [1.54, 1.807) is 6.26 Å². The molecule has 5 nitrogen and oxygen atoms in total. The molecule has 0 spiro atoms. The molecule has 0 saturated heterocycles. The van der Waals surface area contributed by atoms with Gasteiger partial charge in [-0.2, -0.15) is 4.98 Å². The van der Waals surface area contributed by atoms with Gasteiger partial charge in [0.05, 0.1) is 18.5 Å². The monoisotopic (exact) mass is 384 g/mol. The van der Waals surface area contributed by atoms with Gasteiger partial charge in [-0.1, -0.05) is 60.7 Å². The van der Waals surface area contributed by atoms with Crippen LogP contribution in [0.2, 0.25) is 0 Å². The van der Waals surface area contributed by atoms with E-state index in [4.69, 9.17) is 14.4 Å². The molecule has 0 bridgehead atoms. The molecule has 146 valence electrons. The summed E-state index contributed by atoms with van der Waals surface area (Å²) in [5, 5.41) is 3.30. The molecule has 0 aliphatic rings. The lowest BCUT2D eigenvalue weighted by atomic mass is 10.1. The van der Waals surface area contributed by atoms with Crippen molar-refractivity contribution in [3.8, 4) is 11.3 Å². The third-order valence-corrected chi connectivity index (χ3v) is 4.70. The maximum atomic E-state index is 5.42. The van der Waals surface area contributed by atoms with Crippen molar-refractivity contribution in [1.29, 1.82) is 0 Å². The number of furan rings is 1. The van der Waals surface area contributed by atoms with Crippen LogP contribution in [0.25, 0.3) is 11.3 Å². The van der Waals surface area contributed by atoms with Crippen LogP contribution in [0.1, 0.15) is 18.2 Å². The third-order valence-electron chi connectivity index (χ3n) is 4.70. The zero-order valence-corrected chi connectivity index (χ0v) is 16.5. The molecular formula is C24H24N4O. The Bertz CT molecular complexity index is 1020. The molecule has 0 aliphatic carbocycles. The van der Waals surface area contributed by atoms with Gasteiger partial charge in [0, 0.05) is 24.7 Å². The minimum absolute atomic E-state index is 0.537. The fourth-order valence-corrected chi connectivity index (χ4v) is 3.17. The van der Waals surface area contributed by atoms with Gasteiger partial charge in [-0.15, -0.1) is 0 Å². The molecule has 0 aliphatic heterocycles. The molecule has 0 fully saturated rings. The second kappa shape index (κ2) is 9.06. The first-order valence-electron chi connectivity index (χ1n) is 9.81. The van der Waals surface area contributed by atoms with Crippen molar-refractivity contribution in [3.63, 3.8) is 0 Å². The van der Waals surface area contributed by atoms with Crippen molar-refractivity contribution in [2.45, 2.75) is 20.0 Å². The molecule has 0 radical (unpaired) electrons. The van der Waals surface area contributed by atoms with E-state index in [2.05, 4.69) is 59.6 Å². The average Bonchev–Trinajstić information content (AvgIpc) is 3.31. The minimum Gasteiger partial charge on any atom is -0.467 e. The first kappa shape index (κ1) is 18.7. The van der Waals surface area contributed by atoms with E-state index < -0.39 is 0 Å². The molecule has 29 heavy (non-hydrogen) atoms. The summed E-state index contributed by atoms with van der Waals surface area (Å²) in [6, 6.07) is 26.5. The Hall–Kier alpha value is -3.60. The first-order valence-corrected chi connectivity index (χ1v) is 9.81. The highest BCUT2D eigenvalue weighted by atomic mass is 16.3. The Kier molecular flexibility index (Phi) is 5.86. The summed E-state index contributed by atoms with van der Waals surface area (Å²) in [6.07, 6.45) is 1.67. The van der Waals surface area contributed by atoms with E-state index in [9.17, 15) is 0 Å². The van der Waals surface area contributed by atoms with Crippen molar-refractivity contribution < 1.29 is 4.42 Å². The van der Waals surface area contributed by atoms with Crippen LogP contribution in [-0.2, 0) is 13.1 Å². The topological polar surface area (TPSA) is 54.2 Å². The summed E-state index contributed by atoms with van der Waals surface area (Å²) in [7, 11) is 0. The molecule has 2 heterocycles. The number of hydrogen-bond donors (Lipinski definition) is 1. The summed E-state index contributed by atoms with van der Waals surface area (Å²) < 4.78 is 5.42. The van der Waals surface area contributed by atoms with E-state index in [1.807, 2.05) is 36.4 Å². The summed E-state index contributed by atoms with van der Waals surface area (Å²) in [4.78, 5) is 11.8. The van der Waals surface area contributed by atoms with Crippen LogP contribution in [0, 0.1) is 0 Å². The molecule has 2 aromatic carbocycles. The summed E-state index contributed by atoms with van der Waals surface area (Å²) >= 11 is 0. The fourth-order valence-electron chi connectivity index (χ4n) is 3.17. The smallest absolute Gasteiger partial charge is 0.225 e. The Morgan fingerprint density at radius 1 is 0.897 bits per heavy atom. The van der Waals surface area contributed by atoms with E-state index in [0.29, 0.717) is 12.5 Å².